The molecule has 0 saturated carbocycles. The largest absolute Gasteiger partial charge is 0.313 e. The number of nitrogens with one attached hydrogen (secondary N) is 1. The summed E-state index contributed by atoms with van der Waals surface area (Å²) in [6, 6.07) is 7.19. The molecule has 1 fully saturated rings. The van der Waals surface area contributed by atoms with Gasteiger partial charge in [0.15, 0.2) is 0 Å². The molecule has 1 aliphatic rings. The minimum atomic E-state index is -0.107. The second-order valence-electron chi connectivity index (χ2n) is 6.35. The fourth-order valence-electron chi connectivity index (χ4n) is 2.81. The Labute approximate surface area is 132 Å². The first-order valence-electron chi connectivity index (χ1n) is 7.80. The standard InChI is InChI=1S/C17H27FN2S/c1-17(2)9-11-20(12-13-21-17)10-8-16(19-3)14-6-4-5-7-15(14)18/h4-7,16,19H,8-13H2,1-3H3. The number of rotatable bonds is 5. The Morgan fingerprint density at radius 1 is 1.33 bits per heavy atom. The smallest absolute Gasteiger partial charge is 0.127 e. The van der Waals surface area contributed by atoms with Gasteiger partial charge in [0.2, 0.25) is 0 Å². The molecule has 1 aliphatic heterocycles. The van der Waals surface area contributed by atoms with E-state index in [1.807, 2.05) is 19.2 Å². The summed E-state index contributed by atoms with van der Waals surface area (Å²) in [5, 5.41) is 3.26. The predicted octanol–water partition coefficient (Wildman–Crippen LogP) is 3.69. The van der Waals surface area contributed by atoms with Crippen molar-refractivity contribution in [3.63, 3.8) is 0 Å². The Kier molecular flexibility index (Phi) is 6.08. The minimum Gasteiger partial charge on any atom is -0.313 e. The van der Waals surface area contributed by atoms with Gasteiger partial charge in [-0.05, 0) is 39.0 Å². The van der Waals surface area contributed by atoms with Crippen LogP contribution in [0.4, 0.5) is 4.39 Å². The van der Waals surface area contributed by atoms with Gasteiger partial charge in [-0.25, -0.2) is 4.39 Å². The van der Waals surface area contributed by atoms with Crippen molar-refractivity contribution >= 4 is 11.8 Å². The Morgan fingerprint density at radius 2 is 2.10 bits per heavy atom. The van der Waals surface area contributed by atoms with Crippen molar-refractivity contribution < 1.29 is 4.39 Å². The molecule has 0 spiro atoms. The zero-order valence-electron chi connectivity index (χ0n) is 13.4. The molecule has 1 atom stereocenters. The Bertz CT molecular complexity index is 450. The first-order chi connectivity index (χ1) is 10.0. The lowest BCUT2D eigenvalue weighted by molar-refractivity contribution is 0.267. The molecule has 1 saturated heterocycles. The van der Waals surface area contributed by atoms with E-state index in [4.69, 9.17) is 0 Å². The van der Waals surface area contributed by atoms with Crippen LogP contribution >= 0.6 is 11.8 Å². The highest BCUT2D eigenvalue weighted by atomic mass is 32.2. The van der Waals surface area contributed by atoms with Crippen molar-refractivity contribution in [2.45, 2.75) is 37.5 Å². The highest BCUT2D eigenvalue weighted by molar-refractivity contribution is 8.00. The number of nitrogens with zero attached hydrogens (tertiary/aromatic N) is 1. The van der Waals surface area contributed by atoms with Crippen molar-refractivity contribution in [3.8, 4) is 0 Å². The van der Waals surface area contributed by atoms with Crippen LogP contribution in [0.25, 0.3) is 0 Å². The van der Waals surface area contributed by atoms with Gasteiger partial charge in [-0.1, -0.05) is 32.0 Å². The van der Waals surface area contributed by atoms with Crippen LogP contribution in [-0.4, -0.2) is 42.1 Å². The van der Waals surface area contributed by atoms with E-state index in [-0.39, 0.29) is 11.9 Å². The van der Waals surface area contributed by atoms with Crippen LogP contribution < -0.4 is 5.32 Å². The second kappa shape index (κ2) is 7.61. The zero-order valence-corrected chi connectivity index (χ0v) is 14.2. The molecule has 0 amide bonds. The molecule has 2 rings (SSSR count). The third kappa shape index (κ3) is 4.97. The van der Waals surface area contributed by atoms with E-state index in [0.29, 0.717) is 4.75 Å². The van der Waals surface area contributed by atoms with Crippen LogP contribution in [0.5, 0.6) is 0 Å². The summed E-state index contributed by atoms with van der Waals surface area (Å²) in [5.74, 6) is 1.08. The summed E-state index contributed by atoms with van der Waals surface area (Å²) in [7, 11) is 1.92. The molecular formula is C17H27FN2S. The topological polar surface area (TPSA) is 15.3 Å². The molecule has 21 heavy (non-hydrogen) atoms. The van der Waals surface area contributed by atoms with Crippen molar-refractivity contribution in [1.29, 1.82) is 0 Å². The maximum Gasteiger partial charge on any atom is 0.127 e. The summed E-state index contributed by atoms with van der Waals surface area (Å²) in [6.45, 7) is 7.97. The summed E-state index contributed by atoms with van der Waals surface area (Å²) >= 11 is 2.07. The summed E-state index contributed by atoms with van der Waals surface area (Å²) < 4.78 is 14.3. The van der Waals surface area contributed by atoms with Crippen LogP contribution in [0.15, 0.2) is 24.3 Å². The van der Waals surface area contributed by atoms with Crippen LogP contribution in [0.3, 0.4) is 0 Å². The Hall–Kier alpha value is -0.580. The molecule has 1 heterocycles. The van der Waals surface area contributed by atoms with Crippen molar-refractivity contribution in [1.82, 2.24) is 10.2 Å². The lowest BCUT2D eigenvalue weighted by Crippen LogP contribution is -2.31. The van der Waals surface area contributed by atoms with Crippen LogP contribution in [0.2, 0.25) is 0 Å². The molecule has 0 aliphatic carbocycles. The van der Waals surface area contributed by atoms with Crippen LogP contribution in [-0.2, 0) is 0 Å². The van der Waals surface area contributed by atoms with Gasteiger partial charge >= 0.3 is 0 Å². The molecule has 1 N–H and O–H groups in total. The SMILES string of the molecule is CNC(CCN1CCSC(C)(C)CC1)c1ccccc1F. The molecule has 1 unspecified atom stereocenters. The van der Waals surface area contributed by atoms with Gasteiger partial charge in [0.1, 0.15) is 5.82 Å². The average molecular weight is 310 g/mol. The molecule has 1 aromatic rings. The molecule has 0 radical (unpaired) electrons. The van der Waals surface area contributed by atoms with E-state index < -0.39 is 0 Å². The van der Waals surface area contributed by atoms with E-state index in [1.54, 1.807) is 12.1 Å². The molecule has 0 aromatic heterocycles. The number of thioether (sulfide) groups is 1. The minimum absolute atomic E-state index is 0.0927. The predicted molar refractivity (Wildman–Crippen MR) is 90.4 cm³/mol. The molecule has 4 heteroatoms. The lowest BCUT2D eigenvalue weighted by atomic mass is 10.0. The third-order valence-electron chi connectivity index (χ3n) is 4.29. The number of hydrogen-bond acceptors (Lipinski definition) is 3. The van der Waals surface area contributed by atoms with Gasteiger partial charge in [-0.3, -0.25) is 0 Å². The first-order valence-corrected chi connectivity index (χ1v) is 8.78. The number of hydrogen-bond donors (Lipinski definition) is 1. The summed E-state index contributed by atoms with van der Waals surface area (Å²) in [5.41, 5.74) is 0.782. The molecule has 118 valence electrons. The maximum absolute atomic E-state index is 13.9. The zero-order chi connectivity index (χ0) is 15.3. The average Bonchev–Trinajstić information content (AvgIpc) is 2.62. The molecule has 0 bridgehead atoms. The van der Waals surface area contributed by atoms with Gasteiger partial charge in [-0.15, -0.1) is 0 Å². The van der Waals surface area contributed by atoms with Gasteiger partial charge in [0.25, 0.3) is 0 Å². The van der Waals surface area contributed by atoms with Crippen molar-refractivity contribution in [2.75, 3.05) is 32.4 Å². The van der Waals surface area contributed by atoms with Crippen molar-refractivity contribution in [2.24, 2.45) is 0 Å². The van der Waals surface area contributed by atoms with Crippen LogP contribution in [0, 0.1) is 5.82 Å². The van der Waals surface area contributed by atoms with Crippen molar-refractivity contribution in [3.05, 3.63) is 35.6 Å². The quantitative estimate of drug-likeness (QED) is 0.893. The highest BCUT2D eigenvalue weighted by Gasteiger charge is 2.24. The van der Waals surface area contributed by atoms with Gasteiger partial charge in [-0.2, -0.15) is 11.8 Å². The molecular weight excluding hydrogens is 283 g/mol. The normalized spacial score (nSPS) is 21.0. The number of benzene rings is 1. The summed E-state index contributed by atoms with van der Waals surface area (Å²) in [6.07, 6.45) is 2.17. The molecule has 1 aromatic carbocycles. The molecule has 2 nitrogen and oxygen atoms in total. The second-order valence-corrected chi connectivity index (χ2v) is 8.15. The third-order valence-corrected chi connectivity index (χ3v) is 5.67. The van der Waals surface area contributed by atoms with Gasteiger partial charge < -0.3 is 10.2 Å². The number of halogens is 1. The fourth-order valence-corrected chi connectivity index (χ4v) is 3.95. The van der Waals surface area contributed by atoms with E-state index >= 15 is 0 Å². The maximum atomic E-state index is 13.9. The highest BCUT2D eigenvalue weighted by Crippen LogP contribution is 2.31. The monoisotopic (exact) mass is 310 g/mol. The van der Waals surface area contributed by atoms with E-state index in [9.17, 15) is 4.39 Å². The van der Waals surface area contributed by atoms with E-state index in [2.05, 4.69) is 35.8 Å². The first kappa shape index (κ1) is 16.8. The Morgan fingerprint density at radius 3 is 2.81 bits per heavy atom. The van der Waals surface area contributed by atoms with E-state index in [1.165, 1.54) is 12.2 Å². The van der Waals surface area contributed by atoms with Gasteiger partial charge in [0, 0.05) is 28.6 Å². The van der Waals surface area contributed by atoms with Crippen LogP contribution in [0.1, 0.15) is 38.3 Å². The van der Waals surface area contributed by atoms with Gasteiger partial charge in [0.05, 0.1) is 0 Å². The lowest BCUT2D eigenvalue weighted by Gasteiger charge is -2.25. The summed E-state index contributed by atoms with van der Waals surface area (Å²) in [4.78, 5) is 2.52. The Balaban J connectivity index is 1.90. The fraction of sp³-hybridized carbons (Fsp3) is 0.647. The van der Waals surface area contributed by atoms with E-state index in [0.717, 1.165) is 31.6 Å².